The van der Waals surface area contributed by atoms with Crippen molar-refractivity contribution in [2.45, 2.75) is 25.9 Å². The van der Waals surface area contributed by atoms with E-state index in [4.69, 9.17) is 17.3 Å². The maximum absolute atomic E-state index is 7.11. The molecular weight excluding hydrogens is 322 g/mol. The third kappa shape index (κ3) is 3.04. The fourth-order valence-electron chi connectivity index (χ4n) is 3.60. The van der Waals surface area contributed by atoms with Crippen LogP contribution in [0.2, 0.25) is 0 Å². The smallest absolute Gasteiger partial charge is 0.206 e. The fourth-order valence-corrected chi connectivity index (χ4v) is 3.60. The molecule has 5 nitrogen and oxygen atoms in total. The second kappa shape index (κ2) is 6.81. The first-order valence-electron chi connectivity index (χ1n) is 9.08. The first kappa shape index (κ1) is 16.6. The topological polar surface area (TPSA) is 51.4 Å². The van der Waals surface area contributed by atoms with Crippen molar-refractivity contribution in [2.24, 2.45) is 11.7 Å². The molecule has 0 bridgehead atoms. The third-order valence-corrected chi connectivity index (χ3v) is 5.34. The Labute approximate surface area is 153 Å². The van der Waals surface area contributed by atoms with Crippen molar-refractivity contribution < 1.29 is 0 Å². The van der Waals surface area contributed by atoms with Crippen molar-refractivity contribution in [1.82, 2.24) is 9.55 Å². The van der Waals surface area contributed by atoms with Crippen LogP contribution >= 0.6 is 0 Å². The summed E-state index contributed by atoms with van der Waals surface area (Å²) in [6.07, 6.45) is 1.09. The van der Waals surface area contributed by atoms with Gasteiger partial charge in [0, 0.05) is 19.1 Å². The summed E-state index contributed by atoms with van der Waals surface area (Å²) in [5, 5.41) is 0. The van der Waals surface area contributed by atoms with E-state index in [1.807, 2.05) is 30.3 Å². The van der Waals surface area contributed by atoms with E-state index in [1.54, 1.807) is 0 Å². The van der Waals surface area contributed by atoms with Gasteiger partial charge in [-0.05, 0) is 30.0 Å². The number of anilines is 1. The Kier molecular flexibility index (Phi) is 4.36. The lowest BCUT2D eigenvalue weighted by atomic mass is 9.94. The van der Waals surface area contributed by atoms with Crippen LogP contribution in [0.15, 0.2) is 48.5 Å². The molecule has 2 atom stereocenters. The van der Waals surface area contributed by atoms with E-state index >= 15 is 0 Å². The fraction of sp³-hybridized carbons (Fsp3) is 0.333. The van der Waals surface area contributed by atoms with Crippen molar-refractivity contribution in [3.05, 3.63) is 65.5 Å². The Morgan fingerprint density at radius 1 is 1.19 bits per heavy atom. The van der Waals surface area contributed by atoms with Gasteiger partial charge < -0.3 is 15.2 Å². The van der Waals surface area contributed by atoms with E-state index in [0.29, 0.717) is 11.6 Å². The number of rotatable bonds is 3. The number of benzene rings is 2. The zero-order valence-electron chi connectivity index (χ0n) is 15.0. The number of aromatic nitrogens is 2. The van der Waals surface area contributed by atoms with Crippen LogP contribution in [0.4, 0.5) is 11.6 Å². The normalized spacial score (nSPS) is 20.3. The summed E-state index contributed by atoms with van der Waals surface area (Å²) in [4.78, 5) is 10.7. The summed E-state index contributed by atoms with van der Waals surface area (Å²) in [5.74, 6) is 1.54. The predicted octanol–water partition coefficient (Wildman–Crippen LogP) is 3.81. The van der Waals surface area contributed by atoms with E-state index < -0.39 is 0 Å². The number of nitrogens with two attached hydrogens (primary N) is 1. The molecule has 2 N–H and O–H groups in total. The zero-order valence-corrected chi connectivity index (χ0v) is 15.0. The lowest BCUT2D eigenvalue weighted by molar-refractivity contribution is 0.375. The van der Waals surface area contributed by atoms with Gasteiger partial charge in [0.2, 0.25) is 5.95 Å². The number of hydrogen-bond donors (Lipinski definition) is 1. The van der Waals surface area contributed by atoms with Gasteiger partial charge in [-0.2, -0.15) is 0 Å². The monoisotopic (exact) mass is 345 g/mol. The predicted molar refractivity (Wildman–Crippen MR) is 106 cm³/mol. The summed E-state index contributed by atoms with van der Waals surface area (Å²) < 4.78 is 2.27. The maximum Gasteiger partial charge on any atom is 0.206 e. The molecule has 2 aromatic carbocycles. The van der Waals surface area contributed by atoms with Crippen LogP contribution in [-0.2, 0) is 6.54 Å². The molecule has 3 aromatic rings. The van der Waals surface area contributed by atoms with Crippen LogP contribution in [0.25, 0.3) is 15.9 Å². The lowest BCUT2D eigenvalue weighted by Gasteiger charge is -2.36. The molecule has 26 heavy (non-hydrogen) atoms. The molecule has 0 saturated carbocycles. The van der Waals surface area contributed by atoms with Gasteiger partial charge in [-0.1, -0.05) is 43.3 Å². The average molecular weight is 345 g/mol. The molecule has 4 rings (SSSR count). The molecular formula is C21H23N5. The molecule has 1 saturated heterocycles. The minimum Gasteiger partial charge on any atom is -0.341 e. The average Bonchev–Trinajstić information content (AvgIpc) is 3.03. The van der Waals surface area contributed by atoms with Crippen LogP contribution in [-0.4, -0.2) is 28.7 Å². The van der Waals surface area contributed by atoms with Gasteiger partial charge in [-0.15, -0.1) is 0 Å². The molecule has 0 aliphatic carbocycles. The van der Waals surface area contributed by atoms with Crippen LogP contribution in [0.1, 0.15) is 18.9 Å². The van der Waals surface area contributed by atoms with Gasteiger partial charge in [0.25, 0.3) is 0 Å². The lowest BCUT2D eigenvalue weighted by Crippen LogP contribution is -2.48. The Morgan fingerprint density at radius 2 is 1.96 bits per heavy atom. The Bertz CT molecular complexity index is 951. The van der Waals surface area contributed by atoms with E-state index in [1.165, 1.54) is 0 Å². The summed E-state index contributed by atoms with van der Waals surface area (Å²) in [5.41, 5.74) is 10.3. The van der Waals surface area contributed by atoms with Gasteiger partial charge in [-0.25, -0.2) is 9.83 Å². The van der Waals surface area contributed by atoms with Crippen molar-refractivity contribution in [3.8, 4) is 0 Å². The van der Waals surface area contributed by atoms with E-state index in [2.05, 4.69) is 39.4 Å². The first-order valence-corrected chi connectivity index (χ1v) is 9.08. The molecule has 0 radical (unpaired) electrons. The molecule has 132 valence electrons. The zero-order chi connectivity index (χ0) is 18.1. The highest BCUT2D eigenvalue weighted by molar-refractivity contribution is 5.79. The second-order valence-electron chi connectivity index (χ2n) is 7.14. The Morgan fingerprint density at radius 3 is 2.69 bits per heavy atom. The van der Waals surface area contributed by atoms with E-state index in [0.717, 1.165) is 48.6 Å². The number of piperidine rings is 1. The highest BCUT2D eigenvalue weighted by Crippen LogP contribution is 2.27. The van der Waals surface area contributed by atoms with Gasteiger partial charge in [0.1, 0.15) is 0 Å². The highest BCUT2D eigenvalue weighted by Gasteiger charge is 2.26. The Balaban J connectivity index is 1.73. The first-order chi connectivity index (χ1) is 12.7. The summed E-state index contributed by atoms with van der Waals surface area (Å²) in [6, 6.07) is 16.2. The molecule has 2 heterocycles. The number of imidazole rings is 1. The summed E-state index contributed by atoms with van der Waals surface area (Å²) in [6.45, 7) is 11.9. The minimum absolute atomic E-state index is 0.176. The standard InChI is InChI=1S/C21H23N5/c1-15-11-12-25(14-18(15)22)21-24-19-5-3-4-6-20(19)26(21)13-16-7-9-17(23-2)10-8-16/h3-10,15,18H,11-14,22H2,1H3/t15-,18+/m0/s1. The van der Waals surface area contributed by atoms with Gasteiger partial charge >= 0.3 is 0 Å². The van der Waals surface area contributed by atoms with Crippen LogP contribution < -0.4 is 10.6 Å². The van der Waals surface area contributed by atoms with E-state index in [9.17, 15) is 0 Å². The number of fused-ring (bicyclic) bond motifs is 1. The van der Waals surface area contributed by atoms with Crippen LogP contribution in [0.5, 0.6) is 0 Å². The number of nitrogens with zero attached hydrogens (tertiary/aromatic N) is 4. The van der Waals surface area contributed by atoms with Gasteiger partial charge in [0.05, 0.1) is 24.2 Å². The van der Waals surface area contributed by atoms with Crippen LogP contribution in [0.3, 0.4) is 0 Å². The quantitative estimate of drug-likeness (QED) is 0.735. The number of hydrogen-bond acceptors (Lipinski definition) is 3. The molecule has 1 fully saturated rings. The second-order valence-corrected chi connectivity index (χ2v) is 7.14. The van der Waals surface area contributed by atoms with Crippen LogP contribution in [0, 0.1) is 12.5 Å². The molecule has 5 heteroatoms. The molecule has 1 aliphatic rings. The maximum atomic E-state index is 7.11. The van der Waals surface area contributed by atoms with Gasteiger partial charge in [-0.3, -0.25) is 0 Å². The molecule has 1 aliphatic heterocycles. The largest absolute Gasteiger partial charge is 0.341 e. The highest BCUT2D eigenvalue weighted by atomic mass is 15.3. The van der Waals surface area contributed by atoms with Gasteiger partial charge in [0.15, 0.2) is 5.69 Å². The molecule has 0 spiro atoms. The van der Waals surface area contributed by atoms with Crippen molar-refractivity contribution >= 4 is 22.7 Å². The summed E-state index contributed by atoms with van der Waals surface area (Å²) in [7, 11) is 0. The van der Waals surface area contributed by atoms with Crippen molar-refractivity contribution in [3.63, 3.8) is 0 Å². The number of para-hydroxylation sites is 2. The van der Waals surface area contributed by atoms with Crippen molar-refractivity contribution in [1.29, 1.82) is 0 Å². The molecule has 0 unspecified atom stereocenters. The Hall–Kier alpha value is -2.84. The molecule has 1 aromatic heterocycles. The van der Waals surface area contributed by atoms with Crippen molar-refractivity contribution in [2.75, 3.05) is 18.0 Å². The SMILES string of the molecule is [C-]#[N+]c1ccc(Cn2c(N3CC[C@H](C)[C@H](N)C3)nc3ccccc32)cc1. The summed E-state index contributed by atoms with van der Waals surface area (Å²) >= 11 is 0. The minimum atomic E-state index is 0.176. The third-order valence-electron chi connectivity index (χ3n) is 5.34. The molecule has 0 amide bonds. The van der Waals surface area contributed by atoms with E-state index in [-0.39, 0.29) is 6.04 Å².